The summed E-state index contributed by atoms with van der Waals surface area (Å²) in [5.41, 5.74) is 3.40. The number of aryl methyl sites for hydroxylation is 1. The van der Waals surface area contributed by atoms with Gasteiger partial charge in [0.15, 0.2) is 0 Å². The van der Waals surface area contributed by atoms with Gasteiger partial charge in [0, 0.05) is 43.9 Å². The Morgan fingerprint density at radius 3 is 2.20 bits per heavy atom. The molecular formula is C27H35N3O4S. The van der Waals surface area contributed by atoms with Crippen LogP contribution in [0.15, 0.2) is 41.3 Å². The van der Waals surface area contributed by atoms with Gasteiger partial charge in [0.2, 0.25) is 10.0 Å². The highest BCUT2D eigenvalue weighted by Gasteiger charge is 2.35. The number of rotatable bonds is 7. The number of hydrogen-bond donors (Lipinski definition) is 1. The molecule has 188 valence electrons. The third-order valence-corrected chi connectivity index (χ3v) is 9.30. The summed E-state index contributed by atoms with van der Waals surface area (Å²) in [5, 5.41) is 2.61. The number of benzene rings is 2. The van der Waals surface area contributed by atoms with E-state index in [0.29, 0.717) is 42.2 Å². The number of piperidine rings is 1. The fourth-order valence-corrected chi connectivity index (χ4v) is 6.40. The summed E-state index contributed by atoms with van der Waals surface area (Å²) < 4.78 is 28.6. The summed E-state index contributed by atoms with van der Waals surface area (Å²) in [6.45, 7) is 7.27. The van der Waals surface area contributed by atoms with Crippen LogP contribution in [-0.2, 0) is 16.6 Å². The van der Waals surface area contributed by atoms with Gasteiger partial charge in [-0.15, -0.1) is 0 Å². The Hall–Kier alpha value is -2.71. The Labute approximate surface area is 208 Å². The van der Waals surface area contributed by atoms with Crippen LogP contribution in [0.2, 0.25) is 0 Å². The number of amides is 2. The second-order valence-corrected chi connectivity index (χ2v) is 11.8. The van der Waals surface area contributed by atoms with E-state index in [1.807, 2.05) is 30.9 Å². The van der Waals surface area contributed by atoms with Gasteiger partial charge >= 0.3 is 0 Å². The lowest BCUT2D eigenvalue weighted by molar-refractivity contribution is 0.0729. The largest absolute Gasteiger partial charge is 0.355 e. The van der Waals surface area contributed by atoms with Crippen molar-refractivity contribution >= 4 is 21.8 Å². The second kappa shape index (κ2) is 10.1. The standard InChI is InChI=1S/C27H35N3O4S/c1-18-11-13-29(14-12-18)35(33,34)25-16-23(15-19(2)20(25)3)27(32)30(24-9-10-24)17-21-5-7-22(8-6-21)26(31)28-4/h5-8,15-16,18,24H,9-14,17H2,1-4H3,(H,28,31). The maximum Gasteiger partial charge on any atom is 0.254 e. The number of sulfonamides is 1. The van der Waals surface area contributed by atoms with Crippen LogP contribution in [-0.4, -0.2) is 55.6 Å². The lowest BCUT2D eigenvalue weighted by Gasteiger charge is -2.30. The van der Waals surface area contributed by atoms with E-state index < -0.39 is 10.0 Å². The van der Waals surface area contributed by atoms with Crippen LogP contribution in [0.25, 0.3) is 0 Å². The molecule has 2 fully saturated rings. The monoisotopic (exact) mass is 497 g/mol. The molecule has 0 aromatic heterocycles. The van der Waals surface area contributed by atoms with Crippen LogP contribution in [0.5, 0.6) is 0 Å². The maximum atomic E-state index is 13.7. The molecule has 7 nitrogen and oxygen atoms in total. The van der Waals surface area contributed by atoms with Gasteiger partial charge in [-0.2, -0.15) is 4.31 Å². The average Bonchev–Trinajstić information content (AvgIpc) is 3.69. The first-order valence-electron chi connectivity index (χ1n) is 12.3. The molecule has 1 aliphatic heterocycles. The van der Waals surface area contributed by atoms with Crippen molar-refractivity contribution in [3.05, 3.63) is 64.2 Å². The van der Waals surface area contributed by atoms with Crippen LogP contribution < -0.4 is 5.32 Å². The van der Waals surface area contributed by atoms with Gasteiger partial charge in [-0.25, -0.2) is 8.42 Å². The summed E-state index contributed by atoms with van der Waals surface area (Å²) >= 11 is 0. The highest BCUT2D eigenvalue weighted by Crippen LogP contribution is 2.32. The molecule has 2 aromatic carbocycles. The predicted octanol–water partition coefficient (Wildman–Crippen LogP) is 3.89. The molecule has 35 heavy (non-hydrogen) atoms. The lowest BCUT2D eigenvalue weighted by Crippen LogP contribution is -2.38. The van der Waals surface area contributed by atoms with Crippen LogP contribution in [0.3, 0.4) is 0 Å². The van der Waals surface area contributed by atoms with Crippen LogP contribution in [0.4, 0.5) is 0 Å². The first-order valence-corrected chi connectivity index (χ1v) is 13.8. The molecule has 1 saturated carbocycles. The van der Waals surface area contributed by atoms with Crippen molar-refractivity contribution in [3.8, 4) is 0 Å². The molecule has 1 N–H and O–H groups in total. The zero-order chi connectivity index (χ0) is 25.3. The van der Waals surface area contributed by atoms with Gasteiger partial charge in [-0.05, 0) is 86.4 Å². The molecule has 0 radical (unpaired) electrons. The minimum absolute atomic E-state index is 0.145. The highest BCUT2D eigenvalue weighted by atomic mass is 32.2. The third kappa shape index (κ3) is 5.43. The lowest BCUT2D eigenvalue weighted by atomic mass is 10.0. The minimum Gasteiger partial charge on any atom is -0.355 e. The third-order valence-electron chi connectivity index (χ3n) is 7.27. The van der Waals surface area contributed by atoms with Gasteiger partial charge in [0.05, 0.1) is 4.90 Å². The number of nitrogens with zero attached hydrogens (tertiary/aromatic N) is 2. The predicted molar refractivity (Wildman–Crippen MR) is 136 cm³/mol. The number of nitrogens with one attached hydrogen (secondary N) is 1. The molecule has 1 saturated heterocycles. The summed E-state index contributed by atoms with van der Waals surface area (Å²) in [5.74, 6) is 0.211. The van der Waals surface area contributed by atoms with E-state index in [2.05, 4.69) is 12.2 Å². The Bertz CT molecular complexity index is 1210. The van der Waals surface area contributed by atoms with Gasteiger partial charge < -0.3 is 10.2 Å². The first kappa shape index (κ1) is 25.4. The smallest absolute Gasteiger partial charge is 0.254 e. The van der Waals surface area contributed by atoms with Crippen molar-refractivity contribution in [2.45, 2.75) is 63.9 Å². The molecule has 0 bridgehead atoms. The zero-order valence-corrected chi connectivity index (χ0v) is 21.8. The van der Waals surface area contributed by atoms with Gasteiger partial charge in [-0.1, -0.05) is 19.1 Å². The molecular weight excluding hydrogens is 462 g/mol. The quantitative estimate of drug-likeness (QED) is 0.629. The van der Waals surface area contributed by atoms with E-state index in [1.54, 1.807) is 35.6 Å². The number of hydrogen-bond acceptors (Lipinski definition) is 4. The van der Waals surface area contributed by atoms with Crippen molar-refractivity contribution in [1.82, 2.24) is 14.5 Å². The fraction of sp³-hybridized carbons (Fsp3) is 0.481. The van der Waals surface area contributed by atoms with Crippen molar-refractivity contribution < 1.29 is 18.0 Å². The fourth-order valence-electron chi connectivity index (χ4n) is 4.60. The number of carbonyl (C=O) groups is 2. The molecule has 2 amide bonds. The minimum atomic E-state index is -3.67. The highest BCUT2D eigenvalue weighted by molar-refractivity contribution is 7.89. The van der Waals surface area contributed by atoms with Crippen molar-refractivity contribution in [3.63, 3.8) is 0 Å². The summed E-state index contributed by atoms with van der Waals surface area (Å²) in [7, 11) is -2.08. The molecule has 1 aliphatic carbocycles. The van der Waals surface area contributed by atoms with E-state index >= 15 is 0 Å². The average molecular weight is 498 g/mol. The first-order chi connectivity index (χ1) is 16.6. The summed E-state index contributed by atoms with van der Waals surface area (Å²) in [4.78, 5) is 27.6. The van der Waals surface area contributed by atoms with E-state index in [9.17, 15) is 18.0 Å². The van der Waals surface area contributed by atoms with Crippen molar-refractivity contribution in [2.75, 3.05) is 20.1 Å². The molecule has 0 spiro atoms. The normalized spacial score (nSPS) is 17.3. The summed E-state index contributed by atoms with van der Waals surface area (Å²) in [6, 6.07) is 10.8. The van der Waals surface area contributed by atoms with Gasteiger partial charge in [-0.3, -0.25) is 9.59 Å². The van der Waals surface area contributed by atoms with Crippen LogP contribution in [0, 0.1) is 19.8 Å². The number of carbonyl (C=O) groups excluding carboxylic acids is 2. The maximum absolute atomic E-state index is 13.7. The van der Waals surface area contributed by atoms with E-state index in [4.69, 9.17) is 0 Å². The molecule has 2 aliphatic rings. The van der Waals surface area contributed by atoms with E-state index in [1.165, 1.54) is 0 Å². The Kier molecular flexibility index (Phi) is 7.33. The van der Waals surface area contributed by atoms with Gasteiger partial charge in [0.25, 0.3) is 11.8 Å². The molecule has 8 heteroatoms. The Morgan fingerprint density at radius 2 is 1.63 bits per heavy atom. The summed E-state index contributed by atoms with van der Waals surface area (Å²) in [6.07, 6.45) is 3.57. The molecule has 4 rings (SSSR count). The van der Waals surface area contributed by atoms with Gasteiger partial charge in [0.1, 0.15) is 0 Å². The second-order valence-electron chi connectivity index (χ2n) is 9.94. The van der Waals surface area contributed by atoms with Crippen LogP contribution >= 0.6 is 0 Å². The Balaban J connectivity index is 1.61. The molecule has 0 atom stereocenters. The van der Waals surface area contributed by atoms with Crippen molar-refractivity contribution in [2.24, 2.45) is 5.92 Å². The van der Waals surface area contributed by atoms with E-state index in [-0.39, 0.29) is 22.8 Å². The van der Waals surface area contributed by atoms with Crippen molar-refractivity contribution in [1.29, 1.82) is 0 Å². The molecule has 1 heterocycles. The topological polar surface area (TPSA) is 86.8 Å². The SMILES string of the molecule is CNC(=O)c1ccc(CN(C(=O)c2cc(C)c(C)c(S(=O)(=O)N3CCC(C)CC3)c2)C2CC2)cc1. The van der Waals surface area contributed by atoms with E-state index in [0.717, 1.165) is 36.8 Å². The molecule has 0 unspecified atom stereocenters. The zero-order valence-electron chi connectivity index (χ0n) is 21.0. The van der Waals surface area contributed by atoms with Crippen LogP contribution in [0.1, 0.15) is 70.0 Å². The molecule has 2 aromatic rings. The Morgan fingerprint density at radius 1 is 1.00 bits per heavy atom.